The fourth-order valence-electron chi connectivity index (χ4n) is 1.12. The van der Waals surface area contributed by atoms with Gasteiger partial charge in [0.15, 0.2) is 0 Å². The first kappa shape index (κ1) is 13.0. The van der Waals surface area contributed by atoms with E-state index in [-0.39, 0.29) is 30.4 Å². The highest BCUT2D eigenvalue weighted by atomic mass is 35.5. The highest BCUT2D eigenvalue weighted by molar-refractivity contribution is 6.31. The minimum absolute atomic E-state index is 0. The lowest BCUT2D eigenvalue weighted by atomic mass is 10.2. The third kappa shape index (κ3) is 2.47. The van der Waals surface area contributed by atoms with E-state index in [2.05, 4.69) is 4.98 Å². The Morgan fingerprint density at radius 2 is 2.00 bits per heavy atom. The predicted molar refractivity (Wildman–Crippen MR) is 58.8 cm³/mol. The van der Waals surface area contributed by atoms with Crippen molar-refractivity contribution in [3.63, 3.8) is 0 Å². The van der Waals surface area contributed by atoms with Crippen LogP contribution in [0.1, 0.15) is 18.5 Å². The van der Waals surface area contributed by atoms with Gasteiger partial charge in [-0.1, -0.05) is 11.6 Å². The van der Waals surface area contributed by atoms with Crippen LogP contribution in [-0.4, -0.2) is 4.98 Å². The first-order chi connectivity index (χ1) is 5.22. The monoisotopic (exact) mass is 240 g/mol. The third-order valence-electron chi connectivity index (χ3n) is 2.02. The zero-order valence-electron chi connectivity index (χ0n) is 6.87. The molecule has 1 aliphatic carbocycles. The molecule has 1 heterocycles. The number of hydrogen-bond donors (Lipinski definition) is 1. The second-order valence-electron chi connectivity index (χ2n) is 2.99. The van der Waals surface area contributed by atoms with Crippen LogP contribution in [0.15, 0.2) is 18.3 Å². The van der Waals surface area contributed by atoms with E-state index in [1.165, 1.54) is 0 Å². The molecule has 0 spiro atoms. The molecule has 0 unspecified atom stereocenters. The van der Waals surface area contributed by atoms with E-state index in [0.717, 1.165) is 18.5 Å². The number of hydrogen-bond acceptors (Lipinski definition) is 2. The van der Waals surface area contributed by atoms with E-state index in [1.807, 2.05) is 12.1 Å². The minimum Gasteiger partial charge on any atom is -0.320 e. The summed E-state index contributed by atoms with van der Waals surface area (Å²) in [6.45, 7) is 0. The Hall–Kier alpha value is -0.0200. The number of nitrogens with two attached hydrogens (primary N) is 1. The van der Waals surface area contributed by atoms with Crippen molar-refractivity contribution in [1.82, 2.24) is 4.98 Å². The molecule has 2 N–H and O–H groups in total. The van der Waals surface area contributed by atoms with Gasteiger partial charge in [-0.3, -0.25) is 4.98 Å². The molecule has 5 heteroatoms. The number of pyridine rings is 1. The first-order valence-electron chi connectivity index (χ1n) is 3.62. The molecule has 2 rings (SSSR count). The topological polar surface area (TPSA) is 38.9 Å². The molecule has 0 aromatic carbocycles. The molecular weight excluding hydrogens is 230 g/mol. The van der Waals surface area contributed by atoms with Gasteiger partial charge in [0.05, 0.1) is 16.3 Å². The maximum atomic E-state index is 5.92. The third-order valence-corrected chi connectivity index (χ3v) is 2.32. The molecule has 13 heavy (non-hydrogen) atoms. The molecule has 0 radical (unpaired) electrons. The molecule has 2 nitrogen and oxygen atoms in total. The molecular formula is C8H11Cl3N2. The van der Waals surface area contributed by atoms with Crippen molar-refractivity contribution in [2.75, 3.05) is 0 Å². The van der Waals surface area contributed by atoms with Crippen molar-refractivity contribution in [3.05, 3.63) is 29.0 Å². The summed E-state index contributed by atoms with van der Waals surface area (Å²) in [7, 11) is 0. The number of rotatable bonds is 1. The Morgan fingerprint density at radius 3 is 2.46 bits per heavy atom. The van der Waals surface area contributed by atoms with Crippen LogP contribution in [0, 0.1) is 0 Å². The van der Waals surface area contributed by atoms with Crippen LogP contribution in [0.25, 0.3) is 0 Å². The predicted octanol–water partition coefficient (Wildman–Crippen LogP) is 2.53. The Morgan fingerprint density at radius 1 is 1.38 bits per heavy atom. The molecule has 1 aliphatic rings. The average Bonchev–Trinajstić information content (AvgIpc) is 2.70. The van der Waals surface area contributed by atoms with Gasteiger partial charge in [-0.2, -0.15) is 0 Å². The van der Waals surface area contributed by atoms with Crippen molar-refractivity contribution >= 4 is 36.4 Å². The highest BCUT2D eigenvalue weighted by Gasteiger charge is 2.42. The van der Waals surface area contributed by atoms with Crippen LogP contribution in [0.4, 0.5) is 0 Å². The van der Waals surface area contributed by atoms with E-state index in [0.29, 0.717) is 5.02 Å². The molecule has 0 amide bonds. The standard InChI is InChI=1S/C8H9ClN2.2ClH/c9-6-2-1-5-11-7(6)8(10)3-4-8;;/h1-2,5H,3-4,10H2;2*1H. The van der Waals surface area contributed by atoms with Gasteiger partial charge in [-0.25, -0.2) is 0 Å². The minimum atomic E-state index is -0.210. The smallest absolute Gasteiger partial charge is 0.0788 e. The summed E-state index contributed by atoms with van der Waals surface area (Å²) in [5.41, 5.74) is 6.56. The van der Waals surface area contributed by atoms with Gasteiger partial charge in [0.1, 0.15) is 0 Å². The fourth-order valence-corrected chi connectivity index (χ4v) is 1.43. The number of halogens is 3. The summed E-state index contributed by atoms with van der Waals surface area (Å²) in [4.78, 5) is 4.16. The van der Waals surface area contributed by atoms with E-state index in [1.54, 1.807) is 6.20 Å². The van der Waals surface area contributed by atoms with Crippen LogP contribution >= 0.6 is 36.4 Å². The second-order valence-corrected chi connectivity index (χ2v) is 3.40. The molecule has 1 saturated carbocycles. The Bertz CT molecular complexity index is 286. The van der Waals surface area contributed by atoms with E-state index in [4.69, 9.17) is 17.3 Å². The second kappa shape index (κ2) is 4.47. The van der Waals surface area contributed by atoms with Gasteiger partial charge in [-0.05, 0) is 25.0 Å². The van der Waals surface area contributed by atoms with Crippen LogP contribution in [0.3, 0.4) is 0 Å². The number of nitrogens with zero attached hydrogens (tertiary/aromatic N) is 1. The van der Waals surface area contributed by atoms with Gasteiger partial charge in [0.25, 0.3) is 0 Å². The Balaban J connectivity index is 0.000000720. The van der Waals surface area contributed by atoms with Crippen molar-refractivity contribution in [2.45, 2.75) is 18.4 Å². The van der Waals surface area contributed by atoms with Crippen LogP contribution in [-0.2, 0) is 5.54 Å². The van der Waals surface area contributed by atoms with Crippen molar-refractivity contribution in [2.24, 2.45) is 5.73 Å². The van der Waals surface area contributed by atoms with Crippen molar-refractivity contribution < 1.29 is 0 Å². The zero-order valence-corrected chi connectivity index (χ0v) is 9.25. The fraction of sp³-hybridized carbons (Fsp3) is 0.375. The largest absolute Gasteiger partial charge is 0.320 e. The van der Waals surface area contributed by atoms with Crippen molar-refractivity contribution in [3.8, 4) is 0 Å². The maximum absolute atomic E-state index is 5.92. The summed E-state index contributed by atoms with van der Waals surface area (Å²) in [5.74, 6) is 0. The summed E-state index contributed by atoms with van der Waals surface area (Å²) in [6.07, 6.45) is 3.74. The lowest BCUT2D eigenvalue weighted by molar-refractivity contribution is 0.708. The van der Waals surface area contributed by atoms with Gasteiger partial charge in [0, 0.05) is 6.20 Å². The molecule has 0 saturated heterocycles. The Labute approximate surface area is 94.7 Å². The van der Waals surface area contributed by atoms with Gasteiger partial charge in [0.2, 0.25) is 0 Å². The molecule has 1 aromatic rings. The van der Waals surface area contributed by atoms with Crippen LogP contribution in [0.2, 0.25) is 5.02 Å². The summed E-state index contributed by atoms with van der Waals surface area (Å²) in [6, 6.07) is 3.65. The molecule has 1 fully saturated rings. The van der Waals surface area contributed by atoms with Crippen molar-refractivity contribution in [1.29, 1.82) is 0 Å². The molecule has 0 atom stereocenters. The van der Waals surface area contributed by atoms with E-state index in [9.17, 15) is 0 Å². The molecule has 0 bridgehead atoms. The number of aromatic nitrogens is 1. The lowest BCUT2D eigenvalue weighted by Crippen LogP contribution is -2.20. The highest BCUT2D eigenvalue weighted by Crippen LogP contribution is 2.43. The van der Waals surface area contributed by atoms with Crippen LogP contribution < -0.4 is 5.73 Å². The maximum Gasteiger partial charge on any atom is 0.0788 e. The SMILES string of the molecule is Cl.Cl.NC1(c2ncccc2Cl)CC1. The first-order valence-corrected chi connectivity index (χ1v) is 4.00. The Kier molecular flexibility index (Phi) is 4.46. The lowest BCUT2D eigenvalue weighted by Gasteiger charge is -2.08. The molecule has 1 aromatic heterocycles. The van der Waals surface area contributed by atoms with Gasteiger partial charge < -0.3 is 5.73 Å². The molecule has 74 valence electrons. The average molecular weight is 242 g/mol. The summed E-state index contributed by atoms with van der Waals surface area (Å²) in [5, 5.41) is 0.688. The van der Waals surface area contributed by atoms with E-state index < -0.39 is 0 Å². The molecule has 0 aliphatic heterocycles. The normalized spacial score (nSPS) is 16.8. The summed E-state index contributed by atoms with van der Waals surface area (Å²) >= 11 is 5.91. The quantitative estimate of drug-likeness (QED) is 0.821. The summed E-state index contributed by atoms with van der Waals surface area (Å²) < 4.78 is 0. The van der Waals surface area contributed by atoms with Gasteiger partial charge >= 0.3 is 0 Å². The van der Waals surface area contributed by atoms with E-state index >= 15 is 0 Å². The zero-order chi connectivity index (χ0) is 7.90. The van der Waals surface area contributed by atoms with Crippen LogP contribution in [0.5, 0.6) is 0 Å². The van der Waals surface area contributed by atoms with Gasteiger partial charge in [-0.15, -0.1) is 24.8 Å².